The third-order valence-corrected chi connectivity index (χ3v) is 3.92. The van der Waals surface area contributed by atoms with Crippen LogP contribution in [0, 0.1) is 11.8 Å². The summed E-state index contributed by atoms with van der Waals surface area (Å²) in [6.07, 6.45) is 0.699. The van der Waals surface area contributed by atoms with Crippen molar-refractivity contribution in [2.75, 3.05) is 13.2 Å². The van der Waals surface area contributed by atoms with Crippen LogP contribution in [0.3, 0.4) is 0 Å². The summed E-state index contributed by atoms with van der Waals surface area (Å²) in [7, 11) is 0. The topological polar surface area (TPSA) is 105 Å². The highest BCUT2D eigenvalue weighted by atomic mass is 16.5. The van der Waals surface area contributed by atoms with E-state index < -0.39 is 12.1 Å². The van der Waals surface area contributed by atoms with Crippen LogP contribution in [-0.4, -0.2) is 42.5 Å². The first-order valence-corrected chi connectivity index (χ1v) is 7.55. The summed E-state index contributed by atoms with van der Waals surface area (Å²) in [5.41, 5.74) is 8.63. The molecule has 2 unspecified atom stereocenters. The molecule has 0 spiro atoms. The van der Waals surface area contributed by atoms with Crippen LogP contribution >= 0.6 is 0 Å². The van der Waals surface area contributed by atoms with Crippen molar-refractivity contribution < 1.29 is 19.4 Å². The minimum absolute atomic E-state index is 0.200. The number of rotatable bonds is 7. The first kappa shape index (κ1) is 17.8. The van der Waals surface area contributed by atoms with E-state index in [1.54, 1.807) is 6.92 Å². The fourth-order valence-corrected chi connectivity index (χ4v) is 2.81. The Balaban J connectivity index is 2.83. The monoisotopic (exact) mass is 299 g/mol. The van der Waals surface area contributed by atoms with E-state index >= 15 is 0 Å². The standard InChI is InChI=1S/C14H25N3O4/c1-4-6-21-9(3)11-7-10(14(19)20-5-2)8-12(13(11)18)16-17-15/h9-13,18H,4-8H2,1-3H3/t9?,10?,11-,12+,13-/m1/s1. The summed E-state index contributed by atoms with van der Waals surface area (Å²) in [6.45, 7) is 6.56. The SMILES string of the molecule is CCCOC(C)[C@H]1CC(C(=O)OCC)C[C@H](N=[N+]=[N-])[C@@H]1O. The van der Waals surface area contributed by atoms with Crippen molar-refractivity contribution in [3.8, 4) is 0 Å². The third kappa shape index (κ3) is 4.88. The van der Waals surface area contributed by atoms with Crippen molar-refractivity contribution in [3.05, 3.63) is 10.4 Å². The van der Waals surface area contributed by atoms with Crippen molar-refractivity contribution in [1.82, 2.24) is 0 Å². The summed E-state index contributed by atoms with van der Waals surface area (Å²) in [5, 5.41) is 14.0. The molecule has 0 aromatic heterocycles. The van der Waals surface area contributed by atoms with Crippen LogP contribution in [0.5, 0.6) is 0 Å². The van der Waals surface area contributed by atoms with Crippen molar-refractivity contribution in [2.24, 2.45) is 17.0 Å². The van der Waals surface area contributed by atoms with Gasteiger partial charge in [0.2, 0.25) is 0 Å². The summed E-state index contributed by atoms with van der Waals surface area (Å²) in [4.78, 5) is 14.7. The summed E-state index contributed by atoms with van der Waals surface area (Å²) in [6, 6.07) is -0.615. The lowest BCUT2D eigenvalue weighted by molar-refractivity contribution is -0.153. The number of carbonyl (C=O) groups excluding carboxylic acids is 1. The van der Waals surface area contributed by atoms with Gasteiger partial charge in [-0.1, -0.05) is 12.0 Å². The number of azide groups is 1. The zero-order chi connectivity index (χ0) is 15.8. The van der Waals surface area contributed by atoms with Gasteiger partial charge in [0.25, 0.3) is 0 Å². The Bertz CT molecular complexity index is 384. The van der Waals surface area contributed by atoms with Gasteiger partial charge in [-0.3, -0.25) is 4.79 Å². The zero-order valence-corrected chi connectivity index (χ0v) is 12.9. The molecule has 0 radical (unpaired) electrons. The second-order valence-electron chi connectivity index (χ2n) is 5.42. The van der Waals surface area contributed by atoms with Crippen LogP contribution in [0.25, 0.3) is 10.4 Å². The maximum atomic E-state index is 12.0. The van der Waals surface area contributed by atoms with E-state index in [2.05, 4.69) is 10.0 Å². The van der Waals surface area contributed by atoms with Crippen LogP contribution in [-0.2, 0) is 14.3 Å². The van der Waals surface area contributed by atoms with Crippen LogP contribution in [0.4, 0.5) is 0 Å². The van der Waals surface area contributed by atoms with E-state index in [0.717, 1.165) is 6.42 Å². The molecular weight excluding hydrogens is 274 g/mol. The average molecular weight is 299 g/mol. The van der Waals surface area contributed by atoms with Crippen LogP contribution in [0.1, 0.15) is 40.0 Å². The molecule has 1 aliphatic rings. The van der Waals surface area contributed by atoms with Gasteiger partial charge in [-0.15, -0.1) is 0 Å². The normalized spacial score (nSPS) is 30.3. The van der Waals surface area contributed by atoms with Crippen molar-refractivity contribution in [3.63, 3.8) is 0 Å². The lowest BCUT2D eigenvalue weighted by Crippen LogP contribution is -2.47. The van der Waals surface area contributed by atoms with Gasteiger partial charge >= 0.3 is 5.97 Å². The maximum absolute atomic E-state index is 12.0. The highest BCUT2D eigenvalue weighted by molar-refractivity contribution is 5.72. The molecule has 0 amide bonds. The Labute approximate surface area is 125 Å². The molecule has 1 rings (SSSR count). The summed E-state index contributed by atoms with van der Waals surface area (Å²) in [5.74, 6) is -0.896. The molecule has 21 heavy (non-hydrogen) atoms. The van der Waals surface area contributed by atoms with Crippen molar-refractivity contribution in [1.29, 1.82) is 0 Å². The lowest BCUT2D eigenvalue weighted by atomic mass is 9.74. The number of carbonyl (C=O) groups is 1. The van der Waals surface area contributed by atoms with Crippen LogP contribution < -0.4 is 0 Å². The van der Waals surface area contributed by atoms with Crippen LogP contribution in [0.15, 0.2) is 5.11 Å². The quantitative estimate of drug-likeness (QED) is 0.337. The number of aliphatic hydroxyl groups is 1. The van der Waals surface area contributed by atoms with Gasteiger partial charge in [0.15, 0.2) is 0 Å². The predicted molar refractivity (Wildman–Crippen MR) is 77.5 cm³/mol. The Morgan fingerprint density at radius 2 is 2.19 bits per heavy atom. The van der Waals surface area contributed by atoms with Gasteiger partial charge in [-0.05, 0) is 38.6 Å². The largest absolute Gasteiger partial charge is 0.466 e. The highest BCUT2D eigenvalue weighted by Gasteiger charge is 2.42. The number of aliphatic hydroxyl groups excluding tert-OH is 1. The van der Waals surface area contributed by atoms with Crippen LogP contribution in [0.2, 0.25) is 0 Å². The predicted octanol–water partition coefficient (Wildman–Crippen LogP) is 2.43. The second kappa shape index (κ2) is 8.87. The van der Waals surface area contributed by atoms with E-state index in [1.807, 2.05) is 13.8 Å². The number of nitrogens with zero attached hydrogens (tertiary/aromatic N) is 3. The first-order valence-electron chi connectivity index (χ1n) is 7.55. The molecule has 120 valence electrons. The molecule has 0 saturated heterocycles. The maximum Gasteiger partial charge on any atom is 0.308 e. The summed E-state index contributed by atoms with van der Waals surface area (Å²) >= 11 is 0. The molecule has 1 aliphatic carbocycles. The van der Waals surface area contributed by atoms with E-state index in [4.69, 9.17) is 15.0 Å². The molecule has 0 aliphatic heterocycles. The molecule has 0 aromatic carbocycles. The third-order valence-electron chi connectivity index (χ3n) is 3.92. The molecule has 0 aromatic rings. The molecule has 1 saturated carbocycles. The lowest BCUT2D eigenvalue weighted by Gasteiger charge is -2.39. The van der Waals surface area contributed by atoms with E-state index in [9.17, 15) is 9.90 Å². The number of ether oxygens (including phenoxy) is 2. The van der Waals surface area contributed by atoms with Gasteiger partial charge in [0, 0.05) is 17.4 Å². The molecule has 0 bridgehead atoms. The molecule has 1 fully saturated rings. The van der Waals surface area contributed by atoms with Gasteiger partial charge in [-0.2, -0.15) is 0 Å². The second-order valence-corrected chi connectivity index (χ2v) is 5.42. The zero-order valence-electron chi connectivity index (χ0n) is 12.9. The summed E-state index contributed by atoms with van der Waals surface area (Å²) < 4.78 is 10.7. The average Bonchev–Trinajstić information content (AvgIpc) is 2.47. The molecule has 7 heteroatoms. The fraction of sp³-hybridized carbons (Fsp3) is 0.929. The molecule has 5 atom stereocenters. The molecule has 7 nitrogen and oxygen atoms in total. The number of esters is 1. The van der Waals surface area contributed by atoms with Crippen molar-refractivity contribution in [2.45, 2.75) is 58.3 Å². The minimum atomic E-state index is -0.793. The van der Waals surface area contributed by atoms with Gasteiger partial charge < -0.3 is 14.6 Å². The smallest absolute Gasteiger partial charge is 0.308 e. The first-order chi connectivity index (χ1) is 10.0. The Hall–Kier alpha value is -1.30. The van der Waals surface area contributed by atoms with E-state index in [1.165, 1.54) is 0 Å². The molecule has 1 N–H and O–H groups in total. The Morgan fingerprint density at radius 1 is 1.48 bits per heavy atom. The van der Waals surface area contributed by atoms with Crippen molar-refractivity contribution >= 4 is 5.97 Å². The fourth-order valence-electron chi connectivity index (χ4n) is 2.81. The van der Waals surface area contributed by atoms with Gasteiger partial charge in [0.05, 0.1) is 30.8 Å². The molecular formula is C14H25N3O4. The number of hydrogen-bond acceptors (Lipinski definition) is 5. The highest BCUT2D eigenvalue weighted by Crippen LogP contribution is 2.35. The Kier molecular flexibility index (Phi) is 7.50. The number of hydrogen-bond donors (Lipinski definition) is 1. The van der Waals surface area contributed by atoms with E-state index in [0.29, 0.717) is 26.1 Å². The van der Waals surface area contributed by atoms with Gasteiger partial charge in [-0.25, -0.2) is 0 Å². The van der Waals surface area contributed by atoms with E-state index in [-0.39, 0.29) is 23.9 Å². The minimum Gasteiger partial charge on any atom is -0.466 e. The molecule has 0 heterocycles. The Morgan fingerprint density at radius 3 is 2.76 bits per heavy atom. The van der Waals surface area contributed by atoms with Gasteiger partial charge in [0.1, 0.15) is 0 Å².